The number of benzene rings is 1. The van der Waals surface area contributed by atoms with Gasteiger partial charge in [-0.2, -0.15) is 0 Å². The topological polar surface area (TPSA) is 84.5 Å². The second-order valence-electron chi connectivity index (χ2n) is 4.64. The molecule has 1 rings (SSSR count). The molecule has 0 spiro atoms. The van der Waals surface area contributed by atoms with E-state index < -0.39 is 10.0 Å². The fraction of sp³-hybridized carbons (Fsp3) is 0.462. The van der Waals surface area contributed by atoms with E-state index in [9.17, 15) is 13.2 Å². The molecular formula is C13H20N2O4S. The Labute approximate surface area is 119 Å². The van der Waals surface area contributed by atoms with Crippen molar-refractivity contribution in [3.8, 4) is 0 Å². The van der Waals surface area contributed by atoms with Gasteiger partial charge >= 0.3 is 0 Å². The van der Waals surface area contributed by atoms with Crippen LogP contribution in [0.15, 0.2) is 23.1 Å². The predicted molar refractivity (Wildman–Crippen MR) is 77.1 cm³/mol. The van der Waals surface area contributed by atoms with Crippen LogP contribution in [0.1, 0.15) is 19.4 Å². The second kappa shape index (κ2) is 6.83. The van der Waals surface area contributed by atoms with Crippen molar-refractivity contribution >= 4 is 21.6 Å². The van der Waals surface area contributed by atoms with E-state index in [0.717, 1.165) is 0 Å². The minimum Gasteiger partial charge on any atom is -0.383 e. The number of carbonyl (C=O) groups excluding carboxylic acids is 1. The summed E-state index contributed by atoms with van der Waals surface area (Å²) in [6.45, 7) is 5.07. The smallest absolute Gasteiger partial charge is 0.241 e. The third-order valence-electron chi connectivity index (χ3n) is 2.57. The monoisotopic (exact) mass is 300 g/mol. The maximum absolute atomic E-state index is 12.3. The molecule has 1 atom stereocenters. The van der Waals surface area contributed by atoms with Crippen LogP contribution in [0.4, 0.5) is 5.69 Å². The Morgan fingerprint density at radius 1 is 1.40 bits per heavy atom. The number of hydrogen-bond donors (Lipinski definition) is 2. The molecule has 0 aliphatic heterocycles. The first-order chi connectivity index (χ1) is 9.26. The fourth-order valence-electron chi connectivity index (χ4n) is 1.78. The molecule has 112 valence electrons. The molecule has 1 aromatic rings. The third-order valence-corrected chi connectivity index (χ3v) is 4.30. The Hall–Kier alpha value is -1.44. The summed E-state index contributed by atoms with van der Waals surface area (Å²) in [6.07, 6.45) is 0. The first kappa shape index (κ1) is 16.6. The SMILES string of the molecule is COCC(C)NS(=O)(=O)c1cc(NC(C)=O)ccc1C. The normalized spacial score (nSPS) is 13.0. The highest BCUT2D eigenvalue weighted by Crippen LogP contribution is 2.20. The highest BCUT2D eigenvalue weighted by atomic mass is 32.2. The van der Waals surface area contributed by atoms with Gasteiger partial charge in [-0.25, -0.2) is 13.1 Å². The number of anilines is 1. The van der Waals surface area contributed by atoms with E-state index in [1.807, 2.05) is 0 Å². The van der Waals surface area contributed by atoms with E-state index in [0.29, 0.717) is 11.3 Å². The number of carbonyl (C=O) groups is 1. The molecule has 0 fully saturated rings. The Morgan fingerprint density at radius 2 is 2.05 bits per heavy atom. The number of rotatable bonds is 6. The fourth-order valence-corrected chi connectivity index (χ4v) is 3.28. The number of hydrogen-bond acceptors (Lipinski definition) is 4. The zero-order valence-electron chi connectivity index (χ0n) is 12.1. The van der Waals surface area contributed by atoms with Gasteiger partial charge in [0.25, 0.3) is 0 Å². The number of sulfonamides is 1. The molecular weight excluding hydrogens is 280 g/mol. The van der Waals surface area contributed by atoms with Crippen molar-refractivity contribution in [1.29, 1.82) is 0 Å². The molecule has 0 aliphatic carbocycles. The molecule has 2 N–H and O–H groups in total. The van der Waals surface area contributed by atoms with Gasteiger partial charge < -0.3 is 10.1 Å². The predicted octanol–water partition coefficient (Wildman–Crippen LogP) is 1.27. The summed E-state index contributed by atoms with van der Waals surface area (Å²) in [4.78, 5) is 11.2. The lowest BCUT2D eigenvalue weighted by atomic mass is 10.2. The average Bonchev–Trinajstić information content (AvgIpc) is 2.30. The quantitative estimate of drug-likeness (QED) is 0.828. The summed E-state index contributed by atoms with van der Waals surface area (Å²) in [5, 5.41) is 2.57. The van der Waals surface area contributed by atoms with E-state index in [4.69, 9.17) is 4.74 Å². The number of amides is 1. The number of ether oxygens (including phenoxy) is 1. The zero-order chi connectivity index (χ0) is 15.3. The minimum atomic E-state index is -3.65. The first-order valence-corrected chi connectivity index (χ1v) is 7.64. The Bertz CT molecular complexity index is 584. The maximum atomic E-state index is 12.3. The summed E-state index contributed by atoms with van der Waals surface area (Å²) < 4.78 is 32.0. The lowest BCUT2D eigenvalue weighted by Gasteiger charge is -2.15. The summed E-state index contributed by atoms with van der Waals surface area (Å²) in [5.74, 6) is -0.252. The molecule has 1 amide bonds. The van der Waals surface area contributed by atoms with Crippen LogP contribution in [0, 0.1) is 6.92 Å². The van der Waals surface area contributed by atoms with E-state index in [1.54, 1.807) is 26.0 Å². The average molecular weight is 300 g/mol. The van der Waals surface area contributed by atoms with Gasteiger partial charge in [-0.05, 0) is 31.5 Å². The van der Waals surface area contributed by atoms with E-state index in [2.05, 4.69) is 10.0 Å². The molecule has 0 saturated carbocycles. The lowest BCUT2D eigenvalue weighted by molar-refractivity contribution is -0.114. The van der Waals surface area contributed by atoms with Gasteiger partial charge in [0.15, 0.2) is 0 Å². The van der Waals surface area contributed by atoms with E-state index in [-0.39, 0.29) is 23.5 Å². The molecule has 0 saturated heterocycles. The van der Waals surface area contributed by atoms with Gasteiger partial charge in [0.05, 0.1) is 11.5 Å². The molecule has 0 bridgehead atoms. The van der Waals surface area contributed by atoms with Crippen molar-refractivity contribution in [1.82, 2.24) is 4.72 Å². The van der Waals surface area contributed by atoms with Crippen molar-refractivity contribution in [2.45, 2.75) is 31.7 Å². The molecule has 7 heteroatoms. The van der Waals surface area contributed by atoms with Gasteiger partial charge in [0.2, 0.25) is 15.9 Å². The highest BCUT2D eigenvalue weighted by molar-refractivity contribution is 7.89. The van der Waals surface area contributed by atoms with Crippen LogP contribution in [0.25, 0.3) is 0 Å². The maximum Gasteiger partial charge on any atom is 0.241 e. The number of aryl methyl sites for hydroxylation is 1. The van der Waals surface area contributed by atoms with Crippen LogP contribution in [0.5, 0.6) is 0 Å². The second-order valence-corrected chi connectivity index (χ2v) is 6.32. The van der Waals surface area contributed by atoms with Gasteiger partial charge in [-0.3, -0.25) is 4.79 Å². The van der Waals surface area contributed by atoms with Crippen LogP contribution in [0.3, 0.4) is 0 Å². The first-order valence-electron chi connectivity index (χ1n) is 6.15. The number of nitrogens with one attached hydrogen (secondary N) is 2. The van der Waals surface area contributed by atoms with Crippen molar-refractivity contribution in [2.75, 3.05) is 19.0 Å². The van der Waals surface area contributed by atoms with Crippen LogP contribution in [0.2, 0.25) is 0 Å². The van der Waals surface area contributed by atoms with E-state index >= 15 is 0 Å². The molecule has 20 heavy (non-hydrogen) atoms. The zero-order valence-corrected chi connectivity index (χ0v) is 12.9. The van der Waals surface area contributed by atoms with Crippen LogP contribution in [-0.4, -0.2) is 34.1 Å². The van der Waals surface area contributed by atoms with Gasteiger partial charge in [0, 0.05) is 25.8 Å². The Balaban J connectivity index is 3.07. The summed E-state index contributed by atoms with van der Waals surface area (Å²) in [7, 11) is -2.14. The largest absolute Gasteiger partial charge is 0.383 e. The Kier molecular flexibility index (Phi) is 5.67. The molecule has 1 aromatic carbocycles. The van der Waals surface area contributed by atoms with Crippen molar-refractivity contribution in [3.05, 3.63) is 23.8 Å². The van der Waals surface area contributed by atoms with Gasteiger partial charge in [0.1, 0.15) is 0 Å². The summed E-state index contributed by atoms with van der Waals surface area (Å²) in [6, 6.07) is 4.42. The third kappa shape index (κ3) is 4.59. The molecule has 1 unspecified atom stereocenters. The molecule has 6 nitrogen and oxygen atoms in total. The standard InChI is InChI=1S/C13H20N2O4S/c1-9-5-6-12(14-11(3)16)7-13(9)20(17,18)15-10(2)8-19-4/h5-7,10,15H,8H2,1-4H3,(H,14,16). The van der Waals surface area contributed by atoms with Crippen molar-refractivity contribution in [3.63, 3.8) is 0 Å². The van der Waals surface area contributed by atoms with Crippen LogP contribution >= 0.6 is 0 Å². The van der Waals surface area contributed by atoms with Gasteiger partial charge in [-0.15, -0.1) is 0 Å². The van der Waals surface area contributed by atoms with Crippen LogP contribution in [-0.2, 0) is 19.6 Å². The van der Waals surface area contributed by atoms with Gasteiger partial charge in [-0.1, -0.05) is 6.07 Å². The molecule has 0 aliphatic rings. The minimum absolute atomic E-state index is 0.145. The van der Waals surface area contributed by atoms with Crippen molar-refractivity contribution < 1.29 is 17.9 Å². The lowest BCUT2D eigenvalue weighted by Crippen LogP contribution is -2.35. The Morgan fingerprint density at radius 3 is 2.60 bits per heavy atom. The van der Waals surface area contributed by atoms with E-state index in [1.165, 1.54) is 20.1 Å². The highest BCUT2D eigenvalue weighted by Gasteiger charge is 2.20. The summed E-state index contributed by atoms with van der Waals surface area (Å²) in [5.41, 5.74) is 1.05. The molecule has 0 aromatic heterocycles. The molecule has 0 radical (unpaired) electrons. The van der Waals surface area contributed by atoms with Crippen LogP contribution < -0.4 is 10.0 Å². The van der Waals surface area contributed by atoms with Crippen molar-refractivity contribution in [2.24, 2.45) is 0 Å². The number of methoxy groups -OCH3 is 1. The molecule has 0 heterocycles. The summed E-state index contributed by atoms with van der Waals surface area (Å²) >= 11 is 0.